The summed E-state index contributed by atoms with van der Waals surface area (Å²) in [6.07, 6.45) is 4.46. The topological polar surface area (TPSA) is 124 Å². The first-order valence-corrected chi connectivity index (χ1v) is 15.7. The van der Waals surface area contributed by atoms with Crippen LogP contribution in [0.25, 0.3) is 0 Å². The Morgan fingerprint density at radius 1 is 1.15 bits per heavy atom. The van der Waals surface area contributed by atoms with Gasteiger partial charge in [0.05, 0.1) is 37.0 Å². The van der Waals surface area contributed by atoms with Gasteiger partial charge in [0.2, 0.25) is 11.9 Å². The highest BCUT2D eigenvalue weighted by atomic mass is 35.5. The summed E-state index contributed by atoms with van der Waals surface area (Å²) in [6.45, 7) is 8.84. The van der Waals surface area contributed by atoms with E-state index in [0.717, 1.165) is 12.8 Å². The van der Waals surface area contributed by atoms with Gasteiger partial charge in [-0.25, -0.2) is 4.98 Å². The summed E-state index contributed by atoms with van der Waals surface area (Å²) in [7, 11) is -1.03. The quantitative estimate of drug-likeness (QED) is 0.189. The Hall–Kier alpha value is -3.59. The predicted octanol–water partition coefficient (Wildman–Crippen LogP) is 5.80. The van der Waals surface area contributed by atoms with Crippen molar-refractivity contribution in [1.82, 2.24) is 9.97 Å². The Morgan fingerprint density at radius 3 is 2.60 bits per heavy atom. The van der Waals surface area contributed by atoms with E-state index >= 15 is 0 Å². The van der Waals surface area contributed by atoms with E-state index in [1.807, 2.05) is 24.3 Å². The highest BCUT2D eigenvalue weighted by Gasteiger charge is 2.20. The number of nitrogens with one attached hydrogen (secondary N) is 3. The zero-order chi connectivity index (χ0) is 28.7. The molecule has 1 aliphatic rings. The summed E-state index contributed by atoms with van der Waals surface area (Å²) in [6, 6.07) is 10.7. The van der Waals surface area contributed by atoms with Crippen molar-refractivity contribution in [2.75, 3.05) is 56.2 Å². The molecule has 0 spiro atoms. The molecule has 0 saturated carbocycles. The second kappa shape index (κ2) is 13.2. The van der Waals surface area contributed by atoms with Gasteiger partial charge in [-0.15, -0.1) is 0 Å². The van der Waals surface area contributed by atoms with E-state index < -0.39 is 7.14 Å². The monoisotopic (exact) mass is 585 g/mol. The molecule has 212 valence electrons. The molecule has 1 aliphatic heterocycles. The van der Waals surface area contributed by atoms with Crippen LogP contribution in [0.5, 0.6) is 11.5 Å². The minimum atomic E-state index is -2.57. The zero-order valence-electron chi connectivity index (χ0n) is 22.7. The highest BCUT2D eigenvalue weighted by molar-refractivity contribution is 7.70. The number of benzene rings is 2. The first-order valence-electron chi connectivity index (χ1n) is 12.7. The second-order valence-electron chi connectivity index (χ2n) is 9.62. The fourth-order valence-corrected chi connectivity index (χ4v) is 5.46. The maximum atomic E-state index is 12.8. The number of amides is 1. The number of rotatable bonds is 11. The van der Waals surface area contributed by atoms with E-state index in [4.69, 9.17) is 25.8 Å². The Balaban J connectivity index is 1.62. The third kappa shape index (κ3) is 7.53. The molecule has 4 rings (SSSR count). The molecule has 10 nitrogen and oxygen atoms in total. The van der Waals surface area contributed by atoms with Crippen molar-refractivity contribution < 1.29 is 23.6 Å². The lowest BCUT2D eigenvalue weighted by molar-refractivity contribution is -0.111. The number of halogens is 1. The van der Waals surface area contributed by atoms with Gasteiger partial charge in [0.15, 0.2) is 5.82 Å². The summed E-state index contributed by atoms with van der Waals surface area (Å²) in [5.74, 6) is 1.43. The Morgan fingerprint density at radius 2 is 1.90 bits per heavy atom. The van der Waals surface area contributed by atoms with Crippen LogP contribution in [-0.4, -0.2) is 56.1 Å². The lowest BCUT2D eigenvalue weighted by Gasteiger charge is -2.23. The van der Waals surface area contributed by atoms with Crippen LogP contribution in [0.1, 0.15) is 12.8 Å². The van der Waals surface area contributed by atoms with Crippen molar-refractivity contribution >= 4 is 58.8 Å². The molecule has 0 unspecified atom stereocenters. The van der Waals surface area contributed by atoms with Crippen molar-refractivity contribution in [2.45, 2.75) is 12.8 Å². The lowest BCUT2D eigenvalue weighted by Crippen LogP contribution is -2.22. The van der Waals surface area contributed by atoms with Gasteiger partial charge >= 0.3 is 0 Å². The number of hydrogen-bond acceptors (Lipinski definition) is 9. The van der Waals surface area contributed by atoms with Gasteiger partial charge < -0.3 is 34.7 Å². The van der Waals surface area contributed by atoms with E-state index in [-0.39, 0.29) is 16.9 Å². The Kier molecular flexibility index (Phi) is 9.68. The average Bonchev–Trinajstić information content (AvgIpc) is 2.94. The van der Waals surface area contributed by atoms with Gasteiger partial charge in [-0.3, -0.25) is 4.79 Å². The summed E-state index contributed by atoms with van der Waals surface area (Å²) < 4.78 is 30.0. The summed E-state index contributed by atoms with van der Waals surface area (Å²) in [5, 5.41) is 10.1. The number of carbonyl (C=O) groups excluding carboxylic acids is 1. The summed E-state index contributed by atoms with van der Waals surface area (Å²) in [4.78, 5) is 21.0. The molecule has 0 radical (unpaired) electrons. The molecule has 1 saturated heterocycles. The molecule has 2 heterocycles. The molecule has 0 atom stereocenters. The molecular formula is C28H33ClN5O5P. The molecule has 0 bridgehead atoms. The van der Waals surface area contributed by atoms with Gasteiger partial charge in [0.1, 0.15) is 23.7 Å². The van der Waals surface area contributed by atoms with Crippen LogP contribution >= 0.6 is 18.7 Å². The first kappa shape index (κ1) is 29.4. The highest BCUT2D eigenvalue weighted by Crippen LogP contribution is 2.40. The average molecular weight is 586 g/mol. The first-order chi connectivity index (χ1) is 19.2. The Bertz CT molecular complexity index is 1420. The maximum Gasteiger partial charge on any atom is 0.247 e. The van der Waals surface area contributed by atoms with E-state index in [2.05, 4.69) is 32.5 Å². The molecular weight excluding hydrogens is 553 g/mol. The molecule has 3 N–H and O–H groups in total. The van der Waals surface area contributed by atoms with E-state index in [0.29, 0.717) is 65.4 Å². The van der Waals surface area contributed by atoms with Crippen LogP contribution < -0.4 is 30.7 Å². The Labute approximate surface area is 238 Å². The van der Waals surface area contributed by atoms with Crippen LogP contribution in [0.2, 0.25) is 5.02 Å². The van der Waals surface area contributed by atoms with Crippen LogP contribution in [-0.2, 0) is 14.1 Å². The molecule has 40 heavy (non-hydrogen) atoms. The number of hydrogen-bond donors (Lipinski definition) is 3. The third-order valence-electron chi connectivity index (χ3n) is 6.29. The van der Waals surface area contributed by atoms with E-state index in [9.17, 15) is 9.36 Å². The van der Waals surface area contributed by atoms with Gasteiger partial charge in [0.25, 0.3) is 0 Å². The molecule has 2 aromatic carbocycles. The number of para-hydroxylation sites is 1. The maximum absolute atomic E-state index is 12.8. The molecule has 1 amide bonds. The number of aromatic nitrogens is 2. The number of methoxy groups -OCH3 is 1. The van der Waals surface area contributed by atoms with Gasteiger partial charge in [0, 0.05) is 24.6 Å². The number of carbonyl (C=O) groups is 1. The van der Waals surface area contributed by atoms with Crippen molar-refractivity contribution in [3.05, 3.63) is 60.3 Å². The van der Waals surface area contributed by atoms with E-state index in [1.165, 1.54) is 19.4 Å². The smallest absolute Gasteiger partial charge is 0.247 e. The van der Waals surface area contributed by atoms with Gasteiger partial charge in [-0.05, 0) is 56.4 Å². The van der Waals surface area contributed by atoms with Crippen molar-refractivity contribution in [3.63, 3.8) is 0 Å². The van der Waals surface area contributed by atoms with Crippen LogP contribution in [0.15, 0.2) is 55.3 Å². The van der Waals surface area contributed by atoms with Crippen LogP contribution in [0.4, 0.5) is 28.8 Å². The largest absolute Gasteiger partial charge is 0.494 e. The summed E-state index contributed by atoms with van der Waals surface area (Å²) in [5.41, 5.74) is 1.56. The SMILES string of the molecule is C=CC(=O)Nc1cc(Nc2ncc(Cl)c(Nc3ccccc3P(C)(C)=O)n2)c(OC)cc1OCC1CCOCC1. The van der Waals surface area contributed by atoms with Gasteiger partial charge in [-0.1, -0.05) is 30.3 Å². The molecule has 0 aliphatic carbocycles. The van der Waals surface area contributed by atoms with Gasteiger partial charge in [-0.2, -0.15) is 4.98 Å². The minimum Gasteiger partial charge on any atom is -0.494 e. The van der Waals surface area contributed by atoms with Crippen LogP contribution in [0, 0.1) is 5.92 Å². The predicted molar refractivity (Wildman–Crippen MR) is 160 cm³/mol. The zero-order valence-corrected chi connectivity index (χ0v) is 24.3. The number of anilines is 5. The standard InChI is InChI=1S/C28H33ClN5O5P/c1-5-26(35)31-22-14-21(23(37-2)15-24(22)39-17-18-10-12-38-13-11-18)33-28-30-16-19(29)27(34-28)32-20-8-6-7-9-25(20)40(3,4)36/h5-9,14-16,18H,1,10-13,17H2,2-4H3,(H,31,35)(H2,30,32,33,34). The van der Waals surface area contributed by atoms with Crippen molar-refractivity contribution in [3.8, 4) is 11.5 Å². The normalized spacial score (nSPS) is 13.8. The molecule has 1 aromatic heterocycles. The number of ether oxygens (including phenoxy) is 3. The minimum absolute atomic E-state index is 0.218. The second-order valence-corrected chi connectivity index (χ2v) is 13.2. The third-order valence-corrected chi connectivity index (χ3v) is 8.12. The molecule has 12 heteroatoms. The number of nitrogens with zero attached hydrogens (tertiary/aromatic N) is 2. The summed E-state index contributed by atoms with van der Waals surface area (Å²) >= 11 is 6.40. The molecule has 1 fully saturated rings. The van der Waals surface area contributed by atoms with Crippen molar-refractivity contribution in [1.29, 1.82) is 0 Å². The fourth-order valence-electron chi connectivity index (χ4n) is 4.16. The fraction of sp³-hybridized carbons (Fsp3) is 0.321. The van der Waals surface area contributed by atoms with E-state index in [1.54, 1.807) is 25.5 Å². The van der Waals surface area contributed by atoms with Crippen LogP contribution in [0.3, 0.4) is 0 Å². The van der Waals surface area contributed by atoms with Crippen molar-refractivity contribution in [2.24, 2.45) is 5.92 Å². The lowest BCUT2D eigenvalue weighted by atomic mass is 10.0. The molecule has 3 aromatic rings.